The summed E-state index contributed by atoms with van der Waals surface area (Å²) in [4.78, 5) is 13.4. The van der Waals surface area contributed by atoms with Crippen LogP contribution in [0.15, 0.2) is 30.3 Å². The zero-order chi connectivity index (χ0) is 14.4. The number of carbonyl (C=O) groups excluding carboxylic acids is 1. The smallest absolute Gasteiger partial charge is 0.410 e. The van der Waals surface area contributed by atoms with E-state index in [4.69, 9.17) is 19.7 Å². The summed E-state index contributed by atoms with van der Waals surface area (Å²) in [7, 11) is 0. The summed E-state index contributed by atoms with van der Waals surface area (Å²) in [5.41, 5.74) is 0.909. The van der Waals surface area contributed by atoms with Gasteiger partial charge in [0.1, 0.15) is 6.61 Å². The molecule has 110 valence electrons. The Balaban J connectivity index is 1.87. The van der Waals surface area contributed by atoms with Crippen molar-refractivity contribution >= 4 is 6.09 Å². The normalized spacial score (nSPS) is 22.6. The number of aliphatic hydroxyl groups is 2. The Labute approximate surface area is 117 Å². The molecular formula is C14H19NO5. The van der Waals surface area contributed by atoms with Crippen molar-refractivity contribution in [3.8, 4) is 0 Å². The van der Waals surface area contributed by atoms with E-state index in [1.165, 1.54) is 4.90 Å². The average molecular weight is 281 g/mol. The number of hydrogen-bond acceptors (Lipinski definition) is 5. The van der Waals surface area contributed by atoms with Crippen molar-refractivity contribution in [2.24, 2.45) is 0 Å². The first kappa shape index (κ1) is 14.8. The number of ether oxygens (including phenoxy) is 2. The molecule has 1 aromatic carbocycles. The molecule has 20 heavy (non-hydrogen) atoms. The Bertz CT molecular complexity index is 413. The van der Waals surface area contributed by atoms with E-state index < -0.39 is 18.3 Å². The van der Waals surface area contributed by atoms with Crippen molar-refractivity contribution < 1.29 is 24.5 Å². The van der Waals surface area contributed by atoms with Crippen LogP contribution >= 0.6 is 0 Å². The Kier molecular flexibility index (Phi) is 5.34. The third kappa shape index (κ3) is 3.93. The first-order valence-corrected chi connectivity index (χ1v) is 6.55. The van der Waals surface area contributed by atoms with Gasteiger partial charge in [0.15, 0.2) is 0 Å². The Morgan fingerprint density at radius 3 is 2.35 bits per heavy atom. The fourth-order valence-electron chi connectivity index (χ4n) is 2.09. The molecule has 0 unspecified atom stereocenters. The van der Waals surface area contributed by atoms with Crippen molar-refractivity contribution in [3.63, 3.8) is 0 Å². The van der Waals surface area contributed by atoms with E-state index in [2.05, 4.69) is 0 Å². The third-order valence-corrected chi connectivity index (χ3v) is 3.10. The van der Waals surface area contributed by atoms with Gasteiger partial charge in [-0.15, -0.1) is 0 Å². The predicted molar refractivity (Wildman–Crippen MR) is 71.0 cm³/mol. The van der Waals surface area contributed by atoms with Crippen molar-refractivity contribution in [3.05, 3.63) is 35.9 Å². The monoisotopic (exact) mass is 281 g/mol. The fourth-order valence-corrected chi connectivity index (χ4v) is 2.09. The first-order valence-electron chi connectivity index (χ1n) is 6.55. The molecule has 1 saturated heterocycles. The molecule has 0 bridgehead atoms. The number of hydrogen-bond donors (Lipinski definition) is 2. The number of aliphatic hydroxyl groups excluding tert-OH is 2. The van der Waals surface area contributed by atoms with Crippen LogP contribution in [0.5, 0.6) is 0 Å². The minimum absolute atomic E-state index is 0.195. The maximum atomic E-state index is 12.0. The van der Waals surface area contributed by atoms with E-state index in [-0.39, 0.29) is 32.9 Å². The number of rotatable bonds is 4. The van der Waals surface area contributed by atoms with Gasteiger partial charge in [-0.2, -0.15) is 0 Å². The van der Waals surface area contributed by atoms with Crippen molar-refractivity contribution in [2.45, 2.75) is 18.8 Å². The number of amides is 1. The minimum atomic E-state index is -0.481. The van der Waals surface area contributed by atoms with Crippen molar-refractivity contribution in [1.82, 2.24) is 4.90 Å². The highest BCUT2D eigenvalue weighted by Crippen LogP contribution is 2.13. The Morgan fingerprint density at radius 1 is 1.20 bits per heavy atom. The standard InChI is InChI=1S/C14H19NO5/c16-8-12-6-15(7-13(9-17)20-12)14(18)19-10-11-4-2-1-3-5-11/h1-5,12-13,16-17H,6-10H2/t12-,13-/m1/s1. The molecule has 1 aliphatic heterocycles. The molecule has 0 radical (unpaired) electrons. The lowest BCUT2D eigenvalue weighted by molar-refractivity contribution is -0.112. The molecule has 6 nitrogen and oxygen atoms in total. The van der Waals surface area contributed by atoms with Crippen LogP contribution in [0.4, 0.5) is 4.79 Å². The molecule has 0 saturated carbocycles. The third-order valence-electron chi connectivity index (χ3n) is 3.10. The summed E-state index contributed by atoms with van der Waals surface area (Å²) >= 11 is 0. The van der Waals surface area contributed by atoms with E-state index >= 15 is 0 Å². The van der Waals surface area contributed by atoms with E-state index in [9.17, 15) is 4.79 Å². The molecule has 2 N–H and O–H groups in total. The zero-order valence-corrected chi connectivity index (χ0v) is 11.1. The van der Waals surface area contributed by atoms with Crippen molar-refractivity contribution in [2.75, 3.05) is 26.3 Å². The second kappa shape index (κ2) is 7.23. The second-order valence-electron chi connectivity index (χ2n) is 4.69. The molecule has 0 aromatic heterocycles. The molecule has 2 atom stereocenters. The summed E-state index contributed by atoms with van der Waals surface area (Å²) in [5.74, 6) is 0. The number of nitrogens with zero attached hydrogens (tertiary/aromatic N) is 1. The highest BCUT2D eigenvalue weighted by Gasteiger charge is 2.30. The van der Waals surface area contributed by atoms with Gasteiger partial charge in [0.05, 0.1) is 38.5 Å². The fraction of sp³-hybridized carbons (Fsp3) is 0.500. The lowest BCUT2D eigenvalue weighted by Gasteiger charge is -2.36. The van der Waals surface area contributed by atoms with Gasteiger partial charge in [-0.25, -0.2) is 4.79 Å². The van der Waals surface area contributed by atoms with Crippen molar-refractivity contribution in [1.29, 1.82) is 0 Å². The summed E-state index contributed by atoms with van der Waals surface area (Å²) < 4.78 is 10.6. The van der Waals surface area contributed by atoms with E-state index in [1.807, 2.05) is 30.3 Å². The maximum Gasteiger partial charge on any atom is 0.410 e. The summed E-state index contributed by atoms with van der Waals surface area (Å²) in [6, 6.07) is 9.40. The lowest BCUT2D eigenvalue weighted by Crippen LogP contribution is -2.52. The molecular weight excluding hydrogens is 262 g/mol. The van der Waals surface area contributed by atoms with Gasteiger partial charge in [0, 0.05) is 0 Å². The molecule has 0 spiro atoms. The van der Waals surface area contributed by atoms with E-state index in [0.29, 0.717) is 0 Å². The van der Waals surface area contributed by atoms with Gasteiger partial charge >= 0.3 is 6.09 Å². The average Bonchev–Trinajstić information content (AvgIpc) is 2.52. The molecule has 1 aliphatic rings. The van der Waals surface area contributed by atoms with Crippen LogP contribution in [0.1, 0.15) is 5.56 Å². The van der Waals surface area contributed by atoms with Crippen LogP contribution in [-0.4, -0.2) is 59.7 Å². The minimum Gasteiger partial charge on any atom is -0.445 e. The molecule has 1 aromatic rings. The van der Waals surface area contributed by atoms with Crippen LogP contribution in [0.2, 0.25) is 0 Å². The van der Waals surface area contributed by atoms with Gasteiger partial charge < -0.3 is 24.6 Å². The molecule has 1 heterocycles. The Morgan fingerprint density at radius 2 is 1.80 bits per heavy atom. The van der Waals surface area contributed by atoms with Gasteiger partial charge in [-0.1, -0.05) is 30.3 Å². The summed E-state index contributed by atoms with van der Waals surface area (Å²) in [6.45, 7) is 0.337. The quantitative estimate of drug-likeness (QED) is 0.834. The van der Waals surface area contributed by atoms with Crippen LogP contribution in [-0.2, 0) is 16.1 Å². The van der Waals surface area contributed by atoms with Gasteiger partial charge in [0.2, 0.25) is 0 Å². The maximum absolute atomic E-state index is 12.0. The van der Waals surface area contributed by atoms with Crippen LogP contribution in [0.25, 0.3) is 0 Å². The van der Waals surface area contributed by atoms with Crippen LogP contribution in [0, 0.1) is 0 Å². The zero-order valence-electron chi connectivity index (χ0n) is 11.1. The van der Waals surface area contributed by atoms with Gasteiger partial charge in [-0.05, 0) is 5.56 Å². The van der Waals surface area contributed by atoms with Crippen LogP contribution < -0.4 is 0 Å². The first-order chi connectivity index (χ1) is 9.72. The van der Waals surface area contributed by atoms with Gasteiger partial charge in [0.25, 0.3) is 0 Å². The molecule has 2 rings (SSSR count). The van der Waals surface area contributed by atoms with Crippen LogP contribution in [0.3, 0.4) is 0 Å². The molecule has 1 fully saturated rings. The number of benzene rings is 1. The molecule has 1 amide bonds. The topological polar surface area (TPSA) is 79.2 Å². The van der Waals surface area contributed by atoms with E-state index in [0.717, 1.165) is 5.56 Å². The molecule has 6 heteroatoms. The second-order valence-corrected chi connectivity index (χ2v) is 4.69. The predicted octanol–water partition coefficient (Wildman–Crippen LogP) is 0.377. The number of morpholine rings is 1. The molecule has 0 aliphatic carbocycles. The summed E-state index contributed by atoms with van der Waals surface area (Å²) in [6.07, 6.45) is -1.43. The summed E-state index contributed by atoms with van der Waals surface area (Å²) in [5, 5.41) is 18.3. The number of carbonyl (C=O) groups is 1. The highest BCUT2D eigenvalue weighted by molar-refractivity contribution is 5.67. The SMILES string of the molecule is O=C(OCc1ccccc1)N1C[C@H](CO)O[C@@H](CO)C1. The lowest BCUT2D eigenvalue weighted by atomic mass is 10.2. The highest BCUT2D eigenvalue weighted by atomic mass is 16.6. The van der Waals surface area contributed by atoms with Gasteiger partial charge in [-0.3, -0.25) is 0 Å². The largest absolute Gasteiger partial charge is 0.445 e. The Hall–Kier alpha value is -1.63. The van der Waals surface area contributed by atoms with E-state index in [1.54, 1.807) is 0 Å².